The predicted octanol–water partition coefficient (Wildman–Crippen LogP) is 4.44. The largest absolute Gasteiger partial charge is 0.506 e. The van der Waals surface area contributed by atoms with Crippen molar-refractivity contribution in [2.45, 2.75) is 58.3 Å². The van der Waals surface area contributed by atoms with Gasteiger partial charge in [0.25, 0.3) is 0 Å². The average molecular weight is 303 g/mol. The molecule has 0 aliphatic carbocycles. The smallest absolute Gasteiger partial charge is 0.332 e. The third-order valence-corrected chi connectivity index (χ3v) is 3.84. The fraction of sp³-hybridized carbons (Fsp3) is 0.500. The summed E-state index contributed by atoms with van der Waals surface area (Å²) >= 11 is 0. The number of hydrogen-bond donors (Lipinski definition) is 1. The first kappa shape index (κ1) is 16.4. The van der Waals surface area contributed by atoms with Crippen molar-refractivity contribution in [3.8, 4) is 5.75 Å². The molecule has 1 N–H and O–H groups in total. The highest BCUT2D eigenvalue weighted by Gasteiger charge is 2.11. The lowest BCUT2D eigenvalue weighted by Crippen LogP contribution is -2.18. The zero-order valence-electron chi connectivity index (χ0n) is 13.3. The first-order valence-electron chi connectivity index (χ1n) is 8.22. The van der Waals surface area contributed by atoms with E-state index in [1.165, 1.54) is 43.0 Å². The van der Waals surface area contributed by atoms with E-state index in [1.54, 1.807) is 6.07 Å². The Hall–Kier alpha value is -1.97. The van der Waals surface area contributed by atoms with Gasteiger partial charge in [-0.1, -0.05) is 57.6 Å². The molecule has 1 heterocycles. The molecule has 0 amide bonds. The molecule has 2 aromatic rings. The van der Waals surface area contributed by atoms with E-state index < -0.39 is 0 Å². The van der Waals surface area contributed by atoms with E-state index in [2.05, 4.69) is 6.92 Å². The molecule has 0 fully saturated rings. The van der Waals surface area contributed by atoms with E-state index in [0.29, 0.717) is 17.3 Å². The van der Waals surface area contributed by atoms with Gasteiger partial charge in [0, 0.05) is 11.8 Å². The van der Waals surface area contributed by atoms with Gasteiger partial charge in [0.05, 0.1) is 11.7 Å². The molecule has 120 valence electrons. The van der Waals surface area contributed by atoms with Gasteiger partial charge in [0.15, 0.2) is 0 Å². The lowest BCUT2D eigenvalue weighted by atomic mass is 10.1. The van der Waals surface area contributed by atoms with Crippen LogP contribution < -0.4 is 4.84 Å². The zero-order valence-corrected chi connectivity index (χ0v) is 13.3. The Bertz CT molecular complexity index is 603. The minimum atomic E-state index is -0.255. The number of unbranched alkanes of at least 4 members (excludes halogenated alkanes) is 6. The van der Waals surface area contributed by atoms with Gasteiger partial charge in [0.2, 0.25) is 0 Å². The quantitative estimate of drug-likeness (QED) is 0.697. The monoisotopic (exact) mass is 303 g/mol. The summed E-state index contributed by atoms with van der Waals surface area (Å²) in [7, 11) is 0. The number of fused-ring (bicyclic) bond motifs is 1. The summed E-state index contributed by atoms with van der Waals surface area (Å²) < 4.78 is 1.36. The van der Waals surface area contributed by atoms with E-state index >= 15 is 0 Å². The molecule has 0 unspecified atom stereocenters. The molecular weight excluding hydrogens is 278 g/mol. The first-order chi connectivity index (χ1) is 10.7. The average Bonchev–Trinajstić information content (AvgIpc) is 2.83. The number of carbonyl (C=O) groups is 1. The highest BCUT2D eigenvalue weighted by molar-refractivity contribution is 5.86. The molecule has 4 heteroatoms. The summed E-state index contributed by atoms with van der Waals surface area (Å²) in [4.78, 5) is 17.2. The van der Waals surface area contributed by atoms with Gasteiger partial charge in [-0.2, -0.15) is 4.73 Å². The van der Waals surface area contributed by atoms with Gasteiger partial charge in [-0.25, -0.2) is 4.79 Å². The first-order valence-corrected chi connectivity index (χ1v) is 8.22. The number of nitrogens with zero attached hydrogens (tertiary/aromatic N) is 1. The van der Waals surface area contributed by atoms with Gasteiger partial charge in [-0.3, -0.25) is 0 Å². The molecule has 4 nitrogen and oxygen atoms in total. The number of rotatable bonds is 9. The molecule has 0 saturated carbocycles. The SMILES string of the molecule is CCCCCCCCCC(=O)On1cc(O)c2ccccc21. The Morgan fingerprint density at radius 1 is 1.09 bits per heavy atom. The number of hydrogen-bond acceptors (Lipinski definition) is 3. The van der Waals surface area contributed by atoms with Crippen LogP contribution in [0.3, 0.4) is 0 Å². The predicted molar refractivity (Wildman–Crippen MR) is 87.8 cm³/mol. The van der Waals surface area contributed by atoms with Crippen molar-refractivity contribution in [1.82, 2.24) is 4.73 Å². The van der Waals surface area contributed by atoms with Crippen LogP contribution in [0.1, 0.15) is 58.3 Å². The molecule has 0 atom stereocenters. The lowest BCUT2D eigenvalue weighted by Gasteiger charge is -2.06. The van der Waals surface area contributed by atoms with E-state index in [0.717, 1.165) is 12.8 Å². The number of aromatic nitrogens is 1. The fourth-order valence-corrected chi connectivity index (χ4v) is 2.59. The van der Waals surface area contributed by atoms with Gasteiger partial charge in [-0.05, 0) is 18.6 Å². The second kappa shape index (κ2) is 8.47. The maximum atomic E-state index is 11.9. The molecule has 1 aromatic heterocycles. The van der Waals surface area contributed by atoms with E-state index in [4.69, 9.17) is 4.84 Å². The maximum Gasteiger partial charge on any atom is 0.332 e. The van der Waals surface area contributed by atoms with Crippen LogP contribution in [0.2, 0.25) is 0 Å². The van der Waals surface area contributed by atoms with Gasteiger partial charge in [0.1, 0.15) is 5.75 Å². The van der Waals surface area contributed by atoms with Crippen LogP contribution in [0.4, 0.5) is 0 Å². The summed E-state index contributed by atoms with van der Waals surface area (Å²) in [5.74, 6) is -0.131. The third kappa shape index (κ3) is 4.52. The molecule has 0 spiro atoms. The zero-order chi connectivity index (χ0) is 15.8. The minimum Gasteiger partial charge on any atom is -0.506 e. The van der Waals surface area contributed by atoms with Crippen LogP contribution in [0.5, 0.6) is 5.75 Å². The highest BCUT2D eigenvalue weighted by atomic mass is 16.7. The van der Waals surface area contributed by atoms with E-state index in [9.17, 15) is 9.90 Å². The Morgan fingerprint density at radius 2 is 1.77 bits per heavy atom. The topological polar surface area (TPSA) is 51.5 Å². The van der Waals surface area contributed by atoms with Crippen LogP contribution in [0.15, 0.2) is 30.5 Å². The van der Waals surface area contributed by atoms with Crippen molar-refractivity contribution >= 4 is 16.9 Å². The van der Waals surface area contributed by atoms with E-state index in [1.807, 2.05) is 18.2 Å². The van der Waals surface area contributed by atoms with Crippen molar-refractivity contribution in [3.05, 3.63) is 30.5 Å². The van der Waals surface area contributed by atoms with Gasteiger partial charge in [-0.15, -0.1) is 0 Å². The number of para-hydroxylation sites is 1. The standard InChI is InChI=1S/C18H25NO3/c1-2-3-4-5-6-7-8-13-18(21)22-19-14-17(20)15-11-9-10-12-16(15)19/h9-12,14,20H,2-8,13H2,1H3. The summed E-state index contributed by atoms with van der Waals surface area (Å²) in [6.45, 7) is 2.21. The normalized spacial score (nSPS) is 11.0. The fourth-order valence-electron chi connectivity index (χ4n) is 2.59. The Balaban J connectivity index is 1.75. The van der Waals surface area contributed by atoms with Gasteiger partial charge >= 0.3 is 5.97 Å². The summed E-state index contributed by atoms with van der Waals surface area (Å²) in [6.07, 6.45) is 10.0. The molecule has 0 saturated heterocycles. The number of aromatic hydroxyl groups is 1. The van der Waals surface area contributed by atoms with Crippen molar-refractivity contribution in [2.24, 2.45) is 0 Å². The van der Waals surface area contributed by atoms with Crippen LogP contribution in [0.25, 0.3) is 10.9 Å². The summed E-state index contributed by atoms with van der Waals surface area (Å²) in [5, 5.41) is 10.5. The number of carbonyl (C=O) groups excluding carboxylic acids is 1. The maximum absolute atomic E-state index is 11.9. The summed E-state index contributed by atoms with van der Waals surface area (Å²) in [5.41, 5.74) is 0.702. The Morgan fingerprint density at radius 3 is 2.55 bits per heavy atom. The van der Waals surface area contributed by atoms with Crippen LogP contribution in [-0.2, 0) is 4.79 Å². The molecule has 0 radical (unpaired) electrons. The second-order valence-electron chi connectivity index (χ2n) is 5.69. The third-order valence-electron chi connectivity index (χ3n) is 3.84. The molecule has 0 aliphatic rings. The molecule has 1 aromatic carbocycles. The lowest BCUT2D eigenvalue weighted by molar-refractivity contribution is -0.143. The van der Waals surface area contributed by atoms with Crippen LogP contribution in [0, 0.1) is 0 Å². The van der Waals surface area contributed by atoms with E-state index in [-0.39, 0.29) is 11.7 Å². The van der Waals surface area contributed by atoms with Crippen LogP contribution >= 0.6 is 0 Å². The number of benzene rings is 1. The van der Waals surface area contributed by atoms with Crippen molar-refractivity contribution in [1.29, 1.82) is 0 Å². The van der Waals surface area contributed by atoms with Crippen molar-refractivity contribution in [2.75, 3.05) is 0 Å². The molecule has 22 heavy (non-hydrogen) atoms. The Kier molecular flexibility index (Phi) is 6.31. The summed E-state index contributed by atoms with van der Waals surface area (Å²) in [6, 6.07) is 7.30. The molecule has 2 rings (SSSR count). The van der Waals surface area contributed by atoms with Gasteiger partial charge < -0.3 is 9.94 Å². The van der Waals surface area contributed by atoms with Crippen molar-refractivity contribution < 1.29 is 14.7 Å². The highest BCUT2D eigenvalue weighted by Crippen LogP contribution is 2.25. The van der Waals surface area contributed by atoms with Crippen LogP contribution in [-0.4, -0.2) is 15.8 Å². The molecule has 0 bridgehead atoms. The minimum absolute atomic E-state index is 0.124. The molecule has 0 aliphatic heterocycles. The molecular formula is C18H25NO3. The van der Waals surface area contributed by atoms with Crippen molar-refractivity contribution in [3.63, 3.8) is 0 Å². The second-order valence-corrected chi connectivity index (χ2v) is 5.69. The Labute approximate surface area is 131 Å².